The van der Waals surface area contributed by atoms with Crippen LogP contribution in [0.15, 0.2) is 28.7 Å². The van der Waals surface area contributed by atoms with E-state index in [0.717, 1.165) is 5.39 Å². The predicted molar refractivity (Wildman–Crippen MR) is 58.7 cm³/mol. The van der Waals surface area contributed by atoms with Gasteiger partial charge in [-0.05, 0) is 19.1 Å². The molecule has 0 saturated carbocycles. The fourth-order valence-corrected chi connectivity index (χ4v) is 1.56. The number of rotatable bonds is 3. The first kappa shape index (κ1) is 10.5. The molecule has 2 aromatic rings. The molecule has 0 amide bonds. The Hall–Kier alpha value is -1.97. The summed E-state index contributed by atoms with van der Waals surface area (Å²) >= 11 is 0. The summed E-state index contributed by atoms with van der Waals surface area (Å²) in [7, 11) is 1.50. The summed E-state index contributed by atoms with van der Waals surface area (Å²) in [5.41, 5.74) is 0.613. The van der Waals surface area contributed by atoms with Crippen LogP contribution in [0.5, 0.6) is 5.75 Å². The van der Waals surface area contributed by atoms with E-state index in [4.69, 9.17) is 13.9 Å². The van der Waals surface area contributed by atoms with Crippen LogP contribution >= 0.6 is 0 Å². The van der Waals surface area contributed by atoms with Gasteiger partial charge in [-0.15, -0.1) is 0 Å². The van der Waals surface area contributed by atoms with Gasteiger partial charge in [0.25, 0.3) is 5.76 Å². The fraction of sp³-hybridized carbons (Fsp3) is 0.250. The van der Waals surface area contributed by atoms with Crippen molar-refractivity contribution in [3.8, 4) is 5.75 Å². The van der Waals surface area contributed by atoms with Crippen molar-refractivity contribution in [2.75, 3.05) is 13.7 Å². The van der Waals surface area contributed by atoms with E-state index >= 15 is 0 Å². The van der Waals surface area contributed by atoms with Gasteiger partial charge in [-0.3, -0.25) is 0 Å². The smallest absolute Gasteiger partial charge is 0.378 e. The van der Waals surface area contributed by atoms with E-state index in [0.29, 0.717) is 17.9 Å². The predicted octanol–water partition coefficient (Wildman–Crippen LogP) is 2.62. The molecule has 2 rings (SSSR count). The van der Waals surface area contributed by atoms with Crippen molar-refractivity contribution in [1.29, 1.82) is 0 Å². The van der Waals surface area contributed by atoms with Crippen LogP contribution in [0.3, 0.4) is 0 Å². The molecule has 0 atom stereocenters. The Morgan fingerprint density at radius 3 is 2.81 bits per heavy atom. The van der Waals surface area contributed by atoms with Crippen molar-refractivity contribution in [2.45, 2.75) is 6.92 Å². The molecule has 1 heterocycles. The van der Waals surface area contributed by atoms with Crippen molar-refractivity contribution in [3.63, 3.8) is 0 Å². The van der Waals surface area contributed by atoms with Crippen LogP contribution in [0, 0.1) is 0 Å². The average Bonchev–Trinajstić information content (AvgIpc) is 2.67. The molecule has 0 unspecified atom stereocenters. The van der Waals surface area contributed by atoms with Gasteiger partial charge in [0.2, 0.25) is 0 Å². The number of furan rings is 1. The molecule has 0 aliphatic heterocycles. The minimum absolute atomic E-state index is 0.116. The van der Waals surface area contributed by atoms with Crippen LogP contribution in [-0.2, 0) is 4.74 Å². The first-order valence-electron chi connectivity index (χ1n) is 5.00. The van der Waals surface area contributed by atoms with E-state index in [1.54, 1.807) is 13.0 Å². The number of fused-ring (bicyclic) bond motifs is 1. The Kier molecular flexibility index (Phi) is 2.81. The fourth-order valence-electron chi connectivity index (χ4n) is 1.56. The Morgan fingerprint density at radius 2 is 2.12 bits per heavy atom. The minimum atomic E-state index is -0.504. The van der Waals surface area contributed by atoms with E-state index in [1.807, 2.05) is 18.2 Å². The number of ether oxygens (including phenoxy) is 2. The van der Waals surface area contributed by atoms with E-state index in [2.05, 4.69) is 0 Å². The van der Waals surface area contributed by atoms with Crippen LogP contribution in [-0.4, -0.2) is 19.7 Å². The summed E-state index contributed by atoms with van der Waals surface area (Å²) in [6, 6.07) is 7.30. The zero-order chi connectivity index (χ0) is 11.5. The molecule has 0 saturated heterocycles. The number of esters is 1. The molecular weight excluding hydrogens is 208 g/mol. The van der Waals surface area contributed by atoms with Crippen LogP contribution < -0.4 is 4.74 Å². The minimum Gasteiger partial charge on any atom is -0.492 e. The lowest BCUT2D eigenvalue weighted by molar-refractivity contribution is 0.0488. The lowest BCUT2D eigenvalue weighted by Crippen LogP contribution is -2.04. The Bertz CT molecular complexity index is 513. The quantitative estimate of drug-likeness (QED) is 0.746. The second-order valence-electron chi connectivity index (χ2n) is 3.18. The highest BCUT2D eigenvalue weighted by molar-refractivity contribution is 5.98. The third-order valence-corrected chi connectivity index (χ3v) is 2.21. The number of benzene rings is 1. The van der Waals surface area contributed by atoms with Gasteiger partial charge in [0.15, 0.2) is 5.75 Å². The molecule has 84 valence electrons. The lowest BCUT2D eigenvalue weighted by Gasteiger charge is -2.00. The summed E-state index contributed by atoms with van der Waals surface area (Å²) in [6.45, 7) is 2.05. The van der Waals surface area contributed by atoms with Crippen molar-refractivity contribution >= 4 is 16.9 Å². The number of hydrogen-bond acceptors (Lipinski definition) is 4. The largest absolute Gasteiger partial charge is 0.492 e. The maximum absolute atomic E-state index is 11.6. The molecule has 4 nitrogen and oxygen atoms in total. The van der Waals surface area contributed by atoms with Gasteiger partial charge in [0.1, 0.15) is 5.58 Å². The van der Waals surface area contributed by atoms with E-state index in [9.17, 15) is 4.79 Å². The molecule has 0 aliphatic rings. The molecule has 0 spiro atoms. The first-order chi connectivity index (χ1) is 7.77. The van der Waals surface area contributed by atoms with Crippen LogP contribution in [0.4, 0.5) is 0 Å². The zero-order valence-electron chi connectivity index (χ0n) is 9.15. The number of hydrogen-bond donors (Lipinski definition) is 0. The summed E-state index contributed by atoms with van der Waals surface area (Å²) in [5.74, 6) is 0.0372. The third kappa shape index (κ3) is 1.62. The highest BCUT2D eigenvalue weighted by Gasteiger charge is 2.22. The van der Waals surface area contributed by atoms with Crippen LogP contribution in [0.1, 0.15) is 17.5 Å². The maximum Gasteiger partial charge on any atom is 0.378 e. The number of carbonyl (C=O) groups excluding carboxylic acids is 1. The van der Waals surface area contributed by atoms with E-state index in [-0.39, 0.29) is 5.76 Å². The molecule has 1 aromatic heterocycles. The standard InChI is InChI=1S/C12H12O4/c1-3-15-12(13)11-10(14-2)8-6-4-5-7-9(8)16-11/h4-7H,3H2,1-2H3. The van der Waals surface area contributed by atoms with Gasteiger partial charge in [-0.25, -0.2) is 4.79 Å². The highest BCUT2D eigenvalue weighted by Crippen LogP contribution is 2.33. The van der Waals surface area contributed by atoms with Crippen molar-refractivity contribution in [3.05, 3.63) is 30.0 Å². The van der Waals surface area contributed by atoms with Gasteiger partial charge in [0.05, 0.1) is 19.1 Å². The SMILES string of the molecule is CCOC(=O)c1oc2ccccc2c1OC. The Labute approximate surface area is 92.8 Å². The topological polar surface area (TPSA) is 48.7 Å². The van der Waals surface area contributed by atoms with Crippen molar-refractivity contribution in [2.24, 2.45) is 0 Å². The molecular formula is C12H12O4. The second-order valence-corrected chi connectivity index (χ2v) is 3.18. The molecule has 0 aliphatic carbocycles. The molecule has 16 heavy (non-hydrogen) atoms. The maximum atomic E-state index is 11.6. The summed E-state index contributed by atoms with van der Waals surface area (Å²) < 4.78 is 15.5. The number of para-hydroxylation sites is 1. The number of carbonyl (C=O) groups is 1. The van der Waals surface area contributed by atoms with Crippen LogP contribution in [0.25, 0.3) is 11.0 Å². The van der Waals surface area contributed by atoms with Gasteiger partial charge in [-0.2, -0.15) is 0 Å². The Balaban J connectivity index is 2.56. The highest BCUT2D eigenvalue weighted by atomic mass is 16.5. The molecule has 0 fully saturated rings. The van der Waals surface area contributed by atoms with Gasteiger partial charge < -0.3 is 13.9 Å². The van der Waals surface area contributed by atoms with Gasteiger partial charge in [0, 0.05) is 0 Å². The van der Waals surface area contributed by atoms with Crippen molar-refractivity contribution < 1.29 is 18.7 Å². The molecule has 4 heteroatoms. The zero-order valence-corrected chi connectivity index (χ0v) is 9.15. The summed E-state index contributed by atoms with van der Waals surface area (Å²) in [6.07, 6.45) is 0. The summed E-state index contributed by atoms with van der Waals surface area (Å²) in [4.78, 5) is 11.6. The number of methoxy groups -OCH3 is 1. The van der Waals surface area contributed by atoms with Gasteiger partial charge in [-0.1, -0.05) is 12.1 Å². The normalized spacial score (nSPS) is 10.4. The lowest BCUT2D eigenvalue weighted by atomic mass is 10.2. The average molecular weight is 220 g/mol. The van der Waals surface area contributed by atoms with Gasteiger partial charge >= 0.3 is 5.97 Å². The van der Waals surface area contributed by atoms with E-state index < -0.39 is 5.97 Å². The first-order valence-corrected chi connectivity index (χ1v) is 5.00. The monoisotopic (exact) mass is 220 g/mol. The van der Waals surface area contributed by atoms with Crippen LogP contribution in [0.2, 0.25) is 0 Å². The Morgan fingerprint density at radius 1 is 1.38 bits per heavy atom. The van der Waals surface area contributed by atoms with E-state index in [1.165, 1.54) is 7.11 Å². The molecule has 0 radical (unpaired) electrons. The molecule has 1 aromatic carbocycles. The molecule has 0 bridgehead atoms. The molecule has 0 N–H and O–H groups in total. The third-order valence-electron chi connectivity index (χ3n) is 2.21. The van der Waals surface area contributed by atoms with Crippen molar-refractivity contribution in [1.82, 2.24) is 0 Å². The second kappa shape index (κ2) is 4.26. The summed E-state index contributed by atoms with van der Waals surface area (Å²) in [5, 5.41) is 0.771.